The van der Waals surface area contributed by atoms with Crippen molar-refractivity contribution in [3.8, 4) is 5.75 Å². The van der Waals surface area contributed by atoms with Crippen molar-refractivity contribution in [2.45, 2.75) is 50.7 Å². The summed E-state index contributed by atoms with van der Waals surface area (Å²) >= 11 is 0. The fraction of sp³-hybridized carbons (Fsp3) is 0.375. The number of aryl methyl sites for hydroxylation is 1. The standard InChI is InChI=1S/C23H28N2O3S.CO2/c1-17(2)28-20-10-12-21(13-11-20)29(26,27)24-14-6-7-19(16-24)25-15-18(3)22-8-4-5-9-23(22)25;2-1-3/h4-5,8-13,15,17,19H,6-7,14,16H2,1-3H3;. The van der Waals surface area contributed by atoms with Crippen LogP contribution in [0.4, 0.5) is 0 Å². The number of aromatic nitrogens is 1. The Labute approximate surface area is 188 Å². The van der Waals surface area contributed by atoms with Crippen LogP contribution < -0.4 is 4.74 Å². The molecule has 2 aromatic carbocycles. The Bertz CT molecular complexity index is 1190. The van der Waals surface area contributed by atoms with E-state index < -0.39 is 10.0 Å². The van der Waals surface area contributed by atoms with Crippen molar-refractivity contribution in [1.29, 1.82) is 0 Å². The largest absolute Gasteiger partial charge is 0.491 e. The fourth-order valence-electron chi connectivity index (χ4n) is 4.16. The lowest BCUT2D eigenvalue weighted by Gasteiger charge is -2.33. The molecule has 0 saturated carbocycles. The third kappa shape index (κ3) is 5.10. The van der Waals surface area contributed by atoms with E-state index in [0.29, 0.717) is 23.7 Å². The maximum Gasteiger partial charge on any atom is 0.373 e. The molecule has 1 fully saturated rings. The summed E-state index contributed by atoms with van der Waals surface area (Å²) in [4.78, 5) is 16.6. The van der Waals surface area contributed by atoms with E-state index in [0.717, 1.165) is 12.8 Å². The lowest BCUT2D eigenvalue weighted by molar-refractivity contribution is -0.191. The highest BCUT2D eigenvalue weighted by Crippen LogP contribution is 2.31. The van der Waals surface area contributed by atoms with Gasteiger partial charge in [0, 0.05) is 36.2 Å². The van der Waals surface area contributed by atoms with Gasteiger partial charge in [-0.05, 0) is 69.5 Å². The van der Waals surface area contributed by atoms with E-state index >= 15 is 0 Å². The molecule has 1 saturated heterocycles. The summed E-state index contributed by atoms with van der Waals surface area (Å²) < 4.78 is 36.0. The van der Waals surface area contributed by atoms with E-state index in [4.69, 9.17) is 14.3 Å². The van der Waals surface area contributed by atoms with Crippen LogP contribution in [0.3, 0.4) is 0 Å². The minimum Gasteiger partial charge on any atom is -0.491 e. The Hall–Kier alpha value is -2.93. The van der Waals surface area contributed by atoms with Crippen molar-refractivity contribution in [2.75, 3.05) is 13.1 Å². The number of piperidine rings is 1. The van der Waals surface area contributed by atoms with Crippen molar-refractivity contribution in [3.63, 3.8) is 0 Å². The van der Waals surface area contributed by atoms with Gasteiger partial charge in [-0.3, -0.25) is 0 Å². The molecule has 1 aliphatic rings. The van der Waals surface area contributed by atoms with Crippen LogP contribution in [0.2, 0.25) is 0 Å². The first-order chi connectivity index (χ1) is 15.3. The number of hydrogen-bond acceptors (Lipinski definition) is 5. The molecule has 0 aliphatic carbocycles. The second-order valence-corrected chi connectivity index (χ2v) is 10.1. The zero-order valence-electron chi connectivity index (χ0n) is 18.5. The Morgan fingerprint density at radius 2 is 1.72 bits per heavy atom. The number of ether oxygens (including phenoxy) is 1. The minimum absolute atomic E-state index is 0.0557. The second kappa shape index (κ2) is 10.1. The van der Waals surface area contributed by atoms with Gasteiger partial charge in [0.05, 0.1) is 11.0 Å². The average Bonchev–Trinajstić information content (AvgIpc) is 3.11. The first-order valence-electron chi connectivity index (χ1n) is 10.6. The monoisotopic (exact) mass is 456 g/mol. The molecular weight excluding hydrogens is 428 g/mol. The molecule has 0 N–H and O–H groups in total. The molecule has 32 heavy (non-hydrogen) atoms. The van der Waals surface area contributed by atoms with Crippen LogP contribution in [-0.2, 0) is 19.6 Å². The molecular formula is C24H28N2O5S. The molecule has 0 radical (unpaired) electrons. The van der Waals surface area contributed by atoms with Gasteiger partial charge in [0.1, 0.15) is 5.75 Å². The molecule has 1 atom stereocenters. The quantitative estimate of drug-likeness (QED) is 0.575. The number of benzene rings is 2. The zero-order valence-corrected chi connectivity index (χ0v) is 19.3. The van der Waals surface area contributed by atoms with E-state index in [1.54, 1.807) is 28.6 Å². The minimum atomic E-state index is -3.53. The third-order valence-corrected chi connectivity index (χ3v) is 7.41. The van der Waals surface area contributed by atoms with Gasteiger partial charge in [0.15, 0.2) is 0 Å². The highest BCUT2D eigenvalue weighted by Gasteiger charge is 2.31. The number of para-hydroxylation sites is 1. The van der Waals surface area contributed by atoms with Gasteiger partial charge in [-0.2, -0.15) is 13.9 Å². The molecule has 0 amide bonds. The smallest absolute Gasteiger partial charge is 0.373 e. The predicted octanol–water partition coefficient (Wildman–Crippen LogP) is 4.18. The average molecular weight is 457 g/mol. The number of sulfonamides is 1. The molecule has 0 bridgehead atoms. The summed E-state index contributed by atoms with van der Waals surface area (Å²) in [6, 6.07) is 15.2. The normalized spacial score (nSPS) is 16.9. The topological polar surface area (TPSA) is 85.7 Å². The SMILES string of the molecule is Cc1cn(C2CCCN(S(=O)(=O)c3ccc(OC(C)C)cc3)C2)c2ccccc12.O=C=O. The lowest BCUT2D eigenvalue weighted by Crippen LogP contribution is -2.40. The number of nitrogens with zero attached hydrogens (tertiary/aromatic N) is 2. The summed E-state index contributed by atoms with van der Waals surface area (Å²) in [6.45, 7) is 7.05. The lowest BCUT2D eigenvalue weighted by atomic mass is 10.1. The summed E-state index contributed by atoms with van der Waals surface area (Å²) in [5, 5.41) is 1.23. The van der Waals surface area contributed by atoms with Gasteiger partial charge in [0.2, 0.25) is 10.0 Å². The molecule has 1 aromatic heterocycles. The number of rotatable bonds is 5. The Kier molecular flexibility index (Phi) is 7.51. The molecule has 7 nitrogen and oxygen atoms in total. The van der Waals surface area contributed by atoms with Gasteiger partial charge in [0.25, 0.3) is 0 Å². The molecule has 4 rings (SSSR count). The first-order valence-corrected chi connectivity index (χ1v) is 12.0. The van der Waals surface area contributed by atoms with E-state index in [1.165, 1.54) is 16.5 Å². The maximum atomic E-state index is 13.2. The van der Waals surface area contributed by atoms with Crippen molar-refractivity contribution >= 4 is 27.1 Å². The number of hydrogen-bond donors (Lipinski definition) is 0. The van der Waals surface area contributed by atoms with Crippen molar-refractivity contribution in [3.05, 3.63) is 60.3 Å². The fourth-order valence-corrected chi connectivity index (χ4v) is 5.68. The maximum absolute atomic E-state index is 13.2. The molecule has 8 heteroatoms. The summed E-state index contributed by atoms with van der Waals surface area (Å²) in [7, 11) is -3.53. The van der Waals surface area contributed by atoms with Crippen molar-refractivity contribution in [1.82, 2.24) is 8.87 Å². The van der Waals surface area contributed by atoms with Crippen LogP contribution in [0.1, 0.15) is 38.3 Å². The molecule has 2 heterocycles. The van der Waals surface area contributed by atoms with Gasteiger partial charge in [-0.25, -0.2) is 8.42 Å². The molecule has 1 unspecified atom stereocenters. The Morgan fingerprint density at radius 3 is 2.38 bits per heavy atom. The summed E-state index contributed by atoms with van der Waals surface area (Å²) in [5.74, 6) is 0.685. The highest BCUT2D eigenvalue weighted by atomic mass is 32.2. The van der Waals surface area contributed by atoms with E-state index in [1.807, 2.05) is 26.0 Å². The molecule has 1 aliphatic heterocycles. The van der Waals surface area contributed by atoms with Crippen LogP contribution in [-0.4, -0.2) is 42.6 Å². The third-order valence-electron chi connectivity index (χ3n) is 5.53. The highest BCUT2D eigenvalue weighted by molar-refractivity contribution is 7.89. The zero-order chi connectivity index (χ0) is 23.3. The van der Waals surface area contributed by atoms with E-state index in [-0.39, 0.29) is 18.3 Å². The van der Waals surface area contributed by atoms with Crippen LogP contribution >= 0.6 is 0 Å². The molecule has 3 aromatic rings. The van der Waals surface area contributed by atoms with Crippen molar-refractivity contribution in [2.24, 2.45) is 0 Å². The molecule has 170 valence electrons. The Morgan fingerprint density at radius 1 is 1.06 bits per heavy atom. The van der Waals surface area contributed by atoms with E-state index in [2.05, 4.69) is 29.8 Å². The van der Waals surface area contributed by atoms with Crippen LogP contribution in [0.25, 0.3) is 10.9 Å². The molecule has 0 spiro atoms. The van der Waals surface area contributed by atoms with Crippen LogP contribution in [0.15, 0.2) is 59.6 Å². The van der Waals surface area contributed by atoms with E-state index in [9.17, 15) is 8.42 Å². The van der Waals surface area contributed by atoms with Gasteiger partial charge in [-0.15, -0.1) is 0 Å². The van der Waals surface area contributed by atoms with Crippen LogP contribution in [0, 0.1) is 6.92 Å². The Balaban J connectivity index is 0.000000913. The van der Waals surface area contributed by atoms with Crippen molar-refractivity contribution < 1.29 is 22.7 Å². The second-order valence-electron chi connectivity index (χ2n) is 8.12. The summed E-state index contributed by atoms with van der Waals surface area (Å²) in [6.07, 6.45) is 4.29. The summed E-state index contributed by atoms with van der Waals surface area (Å²) in [5.41, 5.74) is 2.39. The number of fused-ring (bicyclic) bond motifs is 1. The van der Waals surface area contributed by atoms with Crippen LogP contribution in [0.5, 0.6) is 5.75 Å². The van der Waals surface area contributed by atoms with Gasteiger partial charge < -0.3 is 9.30 Å². The van der Waals surface area contributed by atoms with Gasteiger partial charge >= 0.3 is 6.15 Å². The predicted molar refractivity (Wildman–Crippen MR) is 121 cm³/mol. The first kappa shape index (κ1) is 23.7. The number of carbonyl (C=O) groups excluding carboxylic acids is 2. The van der Waals surface area contributed by atoms with Gasteiger partial charge in [-0.1, -0.05) is 18.2 Å².